The Bertz CT molecular complexity index is 1340. The van der Waals surface area contributed by atoms with Crippen molar-refractivity contribution in [3.63, 3.8) is 0 Å². The molecule has 6 nitrogen and oxygen atoms in total. The predicted molar refractivity (Wildman–Crippen MR) is 132 cm³/mol. The first-order valence-corrected chi connectivity index (χ1v) is 12.1. The van der Waals surface area contributed by atoms with Crippen molar-refractivity contribution >= 4 is 27.4 Å². The molecule has 0 aliphatic carbocycles. The molecular weight excluding hydrogens is 506 g/mol. The van der Waals surface area contributed by atoms with Gasteiger partial charge in [0, 0.05) is 76.6 Å². The summed E-state index contributed by atoms with van der Waals surface area (Å²) >= 11 is 3.65. The first-order chi connectivity index (χ1) is 15.9. The summed E-state index contributed by atoms with van der Waals surface area (Å²) in [5, 5.41) is 0. The molecule has 1 aliphatic heterocycles. The zero-order chi connectivity index (χ0) is 24.9. The van der Waals surface area contributed by atoms with Crippen molar-refractivity contribution in [2.45, 2.75) is 58.9 Å². The van der Waals surface area contributed by atoms with Crippen molar-refractivity contribution in [2.24, 2.45) is 5.73 Å². The number of nitrogens with one attached hydrogen (secondary N) is 1. The number of piperidine rings is 1. The van der Waals surface area contributed by atoms with E-state index in [-0.39, 0.29) is 37.5 Å². The van der Waals surface area contributed by atoms with Gasteiger partial charge in [0.15, 0.2) is 0 Å². The standard InChI is InChI=1S/C25H29BrF2N4O2/c1-13-9-14(2)30-24(34)18(13)12-21-20(26)11-17-10-19(23(29)33)15(3)22(32(17)21)16(4)31-7-5-25(27,28)6-8-31/h9-11,16H,5-8,12H2,1-4H3,(H2,29,33)(H,30,34). The van der Waals surface area contributed by atoms with Crippen molar-refractivity contribution in [2.75, 3.05) is 13.1 Å². The quantitative estimate of drug-likeness (QED) is 0.493. The fraction of sp³-hybridized carbons (Fsp3) is 0.440. The molecule has 1 fully saturated rings. The van der Waals surface area contributed by atoms with Crippen LogP contribution in [0.5, 0.6) is 0 Å². The molecule has 3 aromatic rings. The second-order valence-corrected chi connectivity index (χ2v) is 10.2. The largest absolute Gasteiger partial charge is 0.366 e. The Morgan fingerprint density at radius 2 is 1.85 bits per heavy atom. The Hall–Kier alpha value is -2.52. The summed E-state index contributed by atoms with van der Waals surface area (Å²) in [4.78, 5) is 29.9. The van der Waals surface area contributed by atoms with Crippen molar-refractivity contribution in [3.05, 3.63) is 72.4 Å². The minimum absolute atomic E-state index is 0.141. The number of hydrogen-bond donors (Lipinski definition) is 2. The monoisotopic (exact) mass is 534 g/mol. The average Bonchev–Trinajstić information content (AvgIpc) is 3.04. The van der Waals surface area contributed by atoms with Crippen LogP contribution in [0, 0.1) is 20.8 Å². The molecule has 0 radical (unpaired) electrons. The zero-order valence-electron chi connectivity index (χ0n) is 19.8. The molecule has 1 amide bonds. The molecule has 3 aromatic heterocycles. The number of primary amides is 1. The number of halogens is 3. The molecule has 0 bridgehead atoms. The van der Waals surface area contributed by atoms with Crippen LogP contribution in [0.4, 0.5) is 8.78 Å². The molecule has 1 aliphatic rings. The summed E-state index contributed by atoms with van der Waals surface area (Å²) in [5.41, 5.74) is 11.4. The molecule has 1 atom stereocenters. The van der Waals surface area contributed by atoms with E-state index in [0.717, 1.165) is 32.6 Å². The van der Waals surface area contributed by atoms with Crippen LogP contribution in [-0.4, -0.2) is 39.2 Å². The van der Waals surface area contributed by atoms with Crippen LogP contribution in [0.25, 0.3) is 5.52 Å². The molecule has 3 N–H and O–H groups in total. The second kappa shape index (κ2) is 8.92. The number of aromatic amines is 1. The summed E-state index contributed by atoms with van der Waals surface area (Å²) in [7, 11) is 0. The van der Waals surface area contributed by atoms with Gasteiger partial charge >= 0.3 is 0 Å². The number of aromatic nitrogens is 2. The number of fused-ring (bicyclic) bond motifs is 1. The zero-order valence-corrected chi connectivity index (χ0v) is 21.4. The van der Waals surface area contributed by atoms with Gasteiger partial charge in [0.1, 0.15) is 0 Å². The van der Waals surface area contributed by atoms with Crippen LogP contribution in [0.2, 0.25) is 0 Å². The summed E-state index contributed by atoms with van der Waals surface area (Å²) in [5.74, 6) is -3.19. The minimum atomic E-state index is -2.65. The Kier molecular flexibility index (Phi) is 6.46. The number of amides is 1. The molecule has 0 spiro atoms. The first kappa shape index (κ1) is 24.6. The summed E-state index contributed by atoms with van der Waals surface area (Å²) in [6, 6.07) is 5.35. The maximum absolute atomic E-state index is 13.8. The van der Waals surface area contributed by atoms with Crippen molar-refractivity contribution < 1.29 is 13.6 Å². The van der Waals surface area contributed by atoms with E-state index in [1.165, 1.54) is 0 Å². The average molecular weight is 535 g/mol. The number of pyridine rings is 2. The maximum Gasteiger partial charge on any atom is 0.251 e. The highest BCUT2D eigenvalue weighted by Crippen LogP contribution is 2.37. The fourth-order valence-electron chi connectivity index (χ4n) is 5.09. The third-order valence-electron chi connectivity index (χ3n) is 6.98. The number of carbonyl (C=O) groups is 1. The van der Waals surface area contributed by atoms with Crippen LogP contribution in [0.15, 0.2) is 27.5 Å². The molecule has 4 rings (SSSR count). The van der Waals surface area contributed by atoms with Gasteiger partial charge < -0.3 is 15.1 Å². The third kappa shape index (κ3) is 4.43. The van der Waals surface area contributed by atoms with E-state index in [1.54, 1.807) is 6.07 Å². The number of carbonyl (C=O) groups excluding carboxylic acids is 1. The number of hydrogen-bond acceptors (Lipinski definition) is 3. The normalized spacial score (nSPS) is 17.3. The number of aryl methyl sites for hydroxylation is 2. The van der Waals surface area contributed by atoms with Gasteiger partial charge in [0.2, 0.25) is 5.91 Å². The molecule has 34 heavy (non-hydrogen) atoms. The highest BCUT2D eigenvalue weighted by atomic mass is 79.9. The molecular formula is C25H29BrF2N4O2. The van der Waals surface area contributed by atoms with Gasteiger partial charge in [0.05, 0.1) is 0 Å². The maximum atomic E-state index is 13.8. The van der Waals surface area contributed by atoms with E-state index in [9.17, 15) is 18.4 Å². The lowest BCUT2D eigenvalue weighted by Crippen LogP contribution is -2.41. The van der Waals surface area contributed by atoms with Gasteiger partial charge in [-0.25, -0.2) is 8.78 Å². The topological polar surface area (TPSA) is 83.6 Å². The van der Waals surface area contributed by atoms with Gasteiger partial charge in [-0.1, -0.05) is 0 Å². The number of alkyl halides is 2. The van der Waals surface area contributed by atoms with Crippen LogP contribution in [0.1, 0.15) is 69.9 Å². The van der Waals surface area contributed by atoms with Crippen molar-refractivity contribution in [3.8, 4) is 0 Å². The van der Waals surface area contributed by atoms with E-state index in [1.807, 2.05) is 49.1 Å². The lowest BCUT2D eigenvalue weighted by molar-refractivity contribution is -0.0624. The first-order valence-electron chi connectivity index (χ1n) is 11.3. The van der Waals surface area contributed by atoms with Gasteiger partial charge in [-0.15, -0.1) is 0 Å². The summed E-state index contributed by atoms with van der Waals surface area (Å²) in [6.45, 7) is 8.07. The van der Waals surface area contributed by atoms with Gasteiger partial charge in [-0.2, -0.15) is 0 Å². The summed E-state index contributed by atoms with van der Waals surface area (Å²) in [6.07, 6.45) is -0.0340. The smallest absolute Gasteiger partial charge is 0.251 e. The molecule has 1 unspecified atom stereocenters. The van der Waals surface area contributed by atoms with E-state index in [2.05, 4.69) is 20.9 Å². The molecule has 0 aromatic carbocycles. The molecule has 0 saturated carbocycles. The minimum Gasteiger partial charge on any atom is -0.366 e. The van der Waals surface area contributed by atoms with Crippen LogP contribution in [0.3, 0.4) is 0 Å². The number of H-pyrrole nitrogens is 1. The molecule has 1 saturated heterocycles. The molecule has 9 heteroatoms. The van der Waals surface area contributed by atoms with Gasteiger partial charge in [-0.3, -0.25) is 14.5 Å². The van der Waals surface area contributed by atoms with E-state index >= 15 is 0 Å². The van der Waals surface area contributed by atoms with Crippen molar-refractivity contribution in [1.29, 1.82) is 0 Å². The molecule has 4 heterocycles. The molecule has 182 valence electrons. The Morgan fingerprint density at radius 1 is 1.21 bits per heavy atom. The third-order valence-corrected chi connectivity index (χ3v) is 7.66. The predicted octanol–water partition coefficient (Wildman–Crippen LogP) is 4.80. The van der Waals surface area contributed by atoms with E-state index < -0.39 is 11.8 Å². The number of nitrogens with two attached hydrogens (primary N) is 1. The number of likely N-dealkylation sites (tertiary alicyclic amines) is 1. The summed E-state index contributed by atoms with van der Waals surface area (Å²) < 4.78 is 30.5. The Balaban J connectivity index is 1.91. The lowest BCUT2D eigenvalue weighted by Gasteiger charge is -2.37. The van der Waals surface area contributed by atoms with Crippen LogP contribution >= 0.6 is 15.9 Å². The van der Waals surface area contributed by atoms with Gasteiger partial charge in [0.25, 0.3) is 11.5 Å². The SMILES string of the molecule is Cc1cc(C)c(Cc2c(Br)cc3cc(C(N)=O)c(C)c(C(C)N4CCC(F)(F)CC4)n23)c(=O)[nH]1. The lowest BCUT2D eigenvalue weighted by atomic mass is 9.98. The fourth-order valence-corrected chi connectivity index (χ4v) is 5.64. The number of rotatable bonds is 5. The number of nitrogens with zero attached hydrogens (tertiary/aromatic N) is 2. The van der Waals surface area contributed by atoms with Crippen LogP contribution < -0.4 is 11.3 Å². The Labute approximate surface area is 205 Å². The van der Waals surface area contributed by atoms with Crippen molar-refractivity contribution in [1.82, 2.24) is 14.3 Å². The highest BCUT2D eigenvalue weighted by molar-refractivity contribution is 9.10. The van der Waals surface area contributed by atoms with E-state index in [4.69, 9.17) is 5.73 Å². The van der Waals surface area contributed by atoms with Crippen LogP contribution in [-0.2, 0) is 6.42 Å². The Morgan fingerprint density at radius 3 is 2.44 bits per heavy atom. The highest BCUT2D eigenvalue weighted by Gasteiger charge is 2.36. The second-order valence-electron chi connectivity index (χ2n) is 9.32. The van der Waals surface area contributed by atoms with E-state index in [0.29, 0.717) is 23.1 Å². The van der Waals surface area contributed by atoms with Gasteiger partial charge in [-0.05, 0) is 73.0 Å².